The lowest BCUT2D eigenvalue weighted by atomic mass is 10.1. The van der Waals surface area contributed by atoms with Crippen LogP contribution in [0.1, 0.15) is 46.5 Å². The molecule has 2 nitrogen and oxygen atoms in total. The van der Waals surface area contributed by atoms with Crippen LogP contribution >= 0.6 is 0 Å². The first-order valence-electron chi connectivity index (χ1n) is 4.94. The highest BCUT2D eigenvalue weighted by Gasteiger charge is 2.04. The van der Waals surface area contributed by atoms with Crippen LogP contribution in [0.5, 0.6) is 0 Å². The van der Waals surface area contributed by atoms with E-state index in [1.165, 1.54) is 0 Å². The minimum Gasteiger partial charge on any atom is -0.350 e. The Kier molecular flexibility index (Phi) is 7.51. The van der Waals surface area contributed by atoms with Crippen LogP contribution in [0.25, 0.3) is 0 Å². The molecule has 0 fully saturated rings. The molecule has 0 saturated heterocycles. The first-order valence-corrected chi connectivity index (χ1v) is 4.94. The van der Waals surface area contributed by atoms with Crippen molar-refractivity contribution in [2.75, 3.05) is 6.61 Å². The van der Waals surface area contributed by atoms with E-state index in [1.54, 1.807) is 0 Å². The first kappa shape index (κ1) is 11.9. The van der Waals surface area contributed by atoms with E-state index < -0.39 is 6.29 Å². The molecule has 0 aromatic rings. The smallest absolute Gasteiger partial charge is 0.191 e. The quantitative estimate of drug-likeness (QED) is 0.544. The van der Waals surface area contributed by atoms with Crippen molar-refractivity contribution in [1.82, 2.24) is 0 Å². The highest BCUT2D eigenvalue weighted by molar-refractivity contribution is 4.45. The van der Waals surface area contributed by atoms with Crippen molar-refractivity contribution >= 4 is 0 Å². The molecule has 0 aliphatic carbocycles. The lowest BCUT2D eigenvalue weighted by Gasteiger charge is -2.10. The van der Waals surface area contributed by atoms with Crippen LogP contribution in [0.3, 0.4) is 0 Å². The number of hydrogen-bond acceptors (Lipinski definition) is 1. The average Bonchev–Trinajstić information content (AvgIpc) is 2.00. The maximum Gasteiger partial charge on any atom is 0.191 e. The van der Waals surface area contributed by atoms with Gasteiger partial charge in [-0.2, -0.15) is 0 Å². The topological polar surface area (TPSA) is 29.1 Å². The van der Waals surface area contributed by atoms with Gasteiger partial charge in [-0.05, 0) is 18.8 Å². The fourth-order valence-electron chi connectivity index (χ4n) is 0.889. The van der Waals surface area contributed by atoms with Crippen LogP contribution in [-0.2, 0) is 9.84 Å². The molecular weight excluding hydrogens is 152 g/mol. The van der Waals surface area contributed by atoms with Gasteiger partial charge >= 0.3 is 0 Å². The molecule has 0 rings (SSSR count). The van der Waals surface area contributed by atoms with Crippen molar-refractivity contribution in [2.45, 2.75) is 52.7 Å². The molecule has 0 heterocycles. The molecule has 2 heteroatoms. The summed E-state index contributed by atoms with van der Waals surface area (Å²) >= 11 is 0. The van der Waals surface area contributed by atoms with E-state index in [0.29, 0.717) is 18.9 Å². The van der Waals surface area contributed by atoms with Gasteiger partial charge in [-0.15, -0.1) is 0 Å². The SMILES string of the molecule is CCCCC([O])OCCC(C)C. The Morgan fingerprint density at radius 3 is 2.42 bits per heavy atom. The molecule has 1 atom stereocenters. The fraction of sp³-hybridized carbons (Fsp3) is 1.00. The maximum absolute atomic E-state index is 11.0. The second-order valence-corrected chi connectivity index (χ2v) is 3.63. The van der Waals surface area contributed by atoms with E-state index in [0.717, 1.165) is 19.3 Å². The third-order valence-electron chi connectivity index (χ3n) is 1.79. The Bertz CT molecular complexity index is 91.8. The zero-order valence-corrected chi connectivity index (χ0v) is 8.51. The third-order valence-corrected chi connectivity index (χ3v) is 1.79. The van der Waals surface area contributed by atoms with Gasteiger partial charge in [-0.3, -0.25) is 0 Å². The summed E-state index contributed by atoms with van der Waals surface area (Å²) in [5.74, 6) is 0.628. The molecule has 0 amide bonds. The second-order valence-electron chi connectivity index (χ2n) is 3.63. The van der Waals surface area contributed by atoms with Crippen molar-refractivity contribution < 1.29 is 9.84 Å². The highest BCUT2D eigenvalue weighted by atomic mass is 16.6. The Balaban J connectivity index is 3.13. The van der Waals surface area contributed by atoms with Gasteiger partial charge in [-0.1, -0.05) is 27.2 Å². The zero-order valence-electron chi connectivity index (χ0n) is 8.51. The molecule has 0 aliphatic rings. The van der Waals surface area contributed by atoms with Gasteiger partial charge in [0, 0.05) is 6.42 Å². The highest BCUT2D eigenvalue weighted by Crippen LogP contribution is 2.05. The molecule has 73 valence electrons. The molecular formula is C10H21O2. The Morgan fingerprint density at radius 1 is 1.25 bits per heavy atom. The van der Waals surface area contributed by atoms with Crippen molar-refractivity contribution in [2.24, 2.45) is 5.92 Å². The number of hydrogen-bond donors (Lipinski definition) is 0. The van der Waals surface area contributed by atoms with E-state index in [4.69, 9.17) is 4.74 Å². The molecule has 0 bridgehead atoms. The monoisotopic (exact) mass is 173 g/mol. The maximum atomic E-state index is 11.0. The predicted octanol–water partition coefficient (Wildman–Crippen LogP) is 3.00. The fourth-order valence-corrected chi connectivity index (χ4v) is 0.889. The average molecular weight is 173 g/mol. The van der Waals surface area contributed by atoms with Crippen molar-refractivity contribution in [1.29, 1.82) is 0 Å². The Morgan fingerprint density at radius 2 is 1.92 bits per heavy atom. The lowest BCUT2D eigenvalue weighted by Crippen LogP contribution is -2.11. The molecule has 12 heavy (non-hydrogen) atoms. The van der Waals surface area contributed by atoms with Gasteiger partial charge in [0.25, 0.3) is 0 Å². The van der Waals surface area contributed by atoms with Gasteiger partial charge < -0.3 is 4.74 Å². The van der Waals surface area contributed by atoms with E-state index in [2.05, 4.69) is 20.8 Å². The summed E-state index contributed by atoms with van der Waals surface area (Å²) in [4.78, 5) is 0. The molecule has 0 aliphatic heterocycles. The van der Waals surface area contributed by atoms with Crippen LogP contribution in [0, 0.1) is 5.92 Å². The van der Waals surface area contributed by atoms with E-state index >= 15 is 0 Å². The summed E-state index contributed by atoms with van der Waals surface area (Å²) in [6, 6.07) is 0. The summed E-state index contributed by atoms with van der Waals surface area (Å²) in [6.45, 7) is 6.97. The normalized spacial score (nSPS) is 13.8. The lowest BCUT2D eigenvalue weighted by molar-refractivity contribution is -0.145. The predicted molar refractivity (Wildman–Crippen MR) is 49.4 cm³/mol. The number of unbranched alkanes of at least 4 members (excludes halogenated alkanes) is 1. The van der Waals surface area contributed by atoms with Crippen molar-refractivity contribution in [3.63, 3.8) is 0 Å². The van der Waals surface area contributed by atoms with Gasteiger partial charge in [0.2, 0.25) is 0 Å². The van der Waals surface area contributed by atoms with Crippen LogP contribution in [0.4, 0.5) is 0 Å². The standard InChI is InChI=1S/C10H21O2/c1-4-5-6-10(11)12-8-7-9(2)3/h9-10H,4-8H2,1-3H3. The minimum absolute atomic E-state index is 0.621. The van der Waals surface area contributed by atoms with E-state index in [9.17, 15) is 5.11 Å². The van der Waals surface area contributed by atoms with Crippen LogP contribution in [0.15, 0.2) is 0 Å². The Hall–Kier alpha value is -0.0800. The van der Waals surface area contributed by atoms with Gasteiger partial charge in [0.15, 0.2) is 6.29 Å². The van der Waals surface area contributed by atoms with E-state index in [-0.39, 0.29) is 0 Å². The molecule has 0 saturated carbocycles. The van der Waals surface area contributed by atoms with Crippen molar-refractivity contribution in [3.05, 3.63) is 0 Å². The molecule has 0 spiro atoms. The summed E-state index contributed by atoms with van der Waals surface area (Å²) < 4.78 is 5.10. The van der Waals surface area contributed by atoms with Crippen LogP contribution < -0.4 is 0 Å². The molecule has 0 aromatic carbocycles. The van der Waals surface area contributed by atoms with Gasteiger partial charge in [-0.25, -0.2) is 5.11 Å². The molecule has 1 unspecified atom stereocenters. The number of rotatable bonds is 7. The summed E-state index contributed by atoms with van der Waals surface area (Å²) in [5.41, 5.74) is 0. The number of ether oxygens (including phenoxy) is 1. The first-order chi connectivity index (χ1) is 5.66. The summed E-state index contributed by atoms with van der Waals surface area (Å²) in [5, 5.41) is 11.0. The summed E-state index contributed by atoms with van der Waals surface area (Å²) in [7, 11) is 0. The third kappa shape index (κ3) is 8.02. The molecule has 0 aromatic heterocycles. The minimum atomic E-state index is -0.788. The van der Waals surface area contributed by atoms with Crippen molar-refractivity contribution in [3.8, 4) is 0 Å². The van der Waals surface area contributed by atoms with Crippen LogP contribution in [0.2, 0.25) is 0 Å². The molecule has 1 radical (unpaired) electrons. The molecule has 0 N–H and O–H groups in total. The van der Waals surface area contributed by atoms with E-state index in [1.807, 2.05) is 0 Å². The second kappa shape index (κ2) is 7.56. The van der Waals surface area contributed by atoms with Crippen LogP contribution in [-0.4, -0.2) is 12.9 Å². The Labute approximate surface area is 75.9 Å². The largest absolute Gasteiger partial charge is 0.350 e. The van der Waals surface area contributed by atoms with Gasteiger partial charge in [0.1, 0.15) is 0 Å². The zero-order chi connectivity index (χ0) is 9.40. The summed E-state index contributed by atoms with van der Waals surface area (Å²) in [6.07, 6.45) is 2.92. The van der Waals surface area contributed by atoms with Gasteiger partial charge in [0.05, 0.1) is 6.61 Å².